The first-order valence-corrected chi connectivity index (χ1v) is 7.86. The Bertz CT molecular complexity index is 654. The highest BCUT2D eigenvalue weighted by Gasteiger charge is 2.24. The molecule has 110 valence electrons. The number of ether oxygens (including phenoxy) is 1. The quantitative estimate of drug-likeness (QED) is 0.604. The van der Waals surface area contributed by atoms with E-state index in [1.807, 2.05) is 0 Å². The van der Waals surface area contributed by atoms with Crippen LogP contribution in [0.5, 0.6) is 5.75 Å². The monoisotopic (exact) mass is 324 g/mol. The van der Waals surface area contributed by atoms with Gasteiger partial charge in [-0.15, -0.1) is 0 Å². The van der Waals surface area contributed by atoms with Crippen LogP contribution in [-0.4, -0.2) is 15.4 Å². The predicted octanol–water partition coefficient (Wildman–Crippen LogP) is 4.69. The second-order valence-electron chi connectivity index (χ2n) is 4.96. The molecule has 1 aliphatic rings. The lowest BCUT2D eigenvalue weighted by molar-refractivity contribution is -0.386. The summed E-state index contributed by atoms with van der Waals surface area (Å²) in [7, 11) is 0. The number of hydrogen-bond donors (Lipinski definition) is 0. The highest BCUT2D eigenvalue weighted by Crippen LogP contribution is 2.40. The summed E-state index contributed by atoms with van der Waals surface area (Å²) in [6, 6.07) is 4.81. The van der Waals surface area contributed by atoms with Gasteiger partial charge in [-0.05, 0) is 43.3 Å². The van der Waals surface area contributed by atoms with Crippen molar-refractivity contribution in [1.29, 1.82) is 0 Å². The van der Waals surface area contributed by atoms with Gasteiger partial charge in [0.15, 0.2) is 5.75 Å². The lowest BCUT2D eigenvalue weighted by atomic mass is 10.1. The van der Waals surface area contributed by atoms with Gasteiger partial charge in [-0.1, -0.05) is 11.6 Å². The van der Waals surface area contributed by atoms with E-state index in [1.165, 1.54) is 17.6 Å². The van der Waals surface area contributed by atoms with Gasteiger partial charge >= 0.3 is 5.69 Å². The van der Waals surface area contributed by atoms with Gasteiger partial charge in [0, 0.05) is 23.9 Å². The molecule has 1 aliphatic carbocycles. The van der Waals surface area contributed by atoms with Crippen LogP contribution in [0.15, 0.2) is 24.4 Å². The van der Waals surface area contributed by atoms with Crippen LogP contribution in [0.1, 0.15) is 25.7 Å². The van der Waals surface area contributed by atoms with Gasteiger partial charge in [-0.2, -0.15) is 0 Å². The summed E-state index contributed by atoms with van der Waals surface area (Å²) < 4.78 is 9.78. The molecular formula is C14H13ClN2O3S. The minimum atomic E-state index is -0.425. The third-order valence-corrected chi connectivity index (χ3v) is 4.64. The van der Waals surface area contributed by atoms with E-state index in [0.29, 0.717) is 10.6 Å². The molecule has 0 aliphatic heterocycles. The standard InChI is InChI=1S/C14H13ClN2O3S/c15-11-8-13(20-9-3-1-2-4-9)12(17(18)19)7-10(11)14-5-6-16-21-14/h5-9H,1-4H2. The Kier molecular flexibility index (Phi) is 4.07. The molecule has 21 heavy (non-hydrogen) atoms. The Morgan fingerprint density at radius 3 is 2.76 bits per heavy atom. The molecule has 0 unspecified atom stereocenters. The zero-order chi connectivity index (χ0) is 14.8. The van der Waals surface area contributed by atoms with E-state index in [0.717, 1.165) is 30.6 Å². The summed E-state index contributed by atoms with van der Waals surface area (Å²) in [5.41, 5.74) is 0.569. The Labute approximate surface area is 130 Å². The average molecular weight is 325 g/mol. The smallest absolute Gasteiger partial charge is 0.311 e. The zero-order valence-corrected chi connectivity index (χ0v) is 12.7. The number of nitro benzene ring substituents is 1. The molecule has 1 saturated carbocycles. The Hall–Kier alpha value is -1.66. The van der Waals surface area contributed by atoms with Crippen molar-refractivity contribution in [3.05, 3.63) is 39.5 Å². The summed E-state index contributed by atoms with van der Waals surface area (Å²) in [5.74, 6) is 0.255. The second-order valence-corrected chi connectivity index (χ2v) is 6.20. The molecule has 5 nitrogen and oxygen atoms in total. The first-order chi connectivity index (χ1) is 10.1. The molecule has 0 bridgehead atoms. The molecule has 1 fully saturated rings. The largest absolute Gasteiger partial charge is 0.483 e. The molecule has 0 radical (unpaired) electrons. The number of nitro groups is 1. The topological polar surface area (TPSA) is 65.3 Å². The van der Waals surface area contributed by atoms with E-state index < -0.39 is 4.92 Å². The predicted molar refractivity (Wildman–Crippen MR) is 82.1 cm³/mol. The summed E-state index contributed by atoms with van der Waals surface area (Å²) >= 11 is 7.51. The van der Waals surface area contributed by atoms with Crippen molar-refractivity contribution in [3.63, 3.8) is 0 Å². The molecule has 2 aromatic rings. The van der Waals surface area contributed by atoms with E-state index >= 15 is 0 Å². The minimum absolute atomic E-state index is 0.0466. The average Bonchev–Trinajstić information content (AvgIpc) is 3.11. The Balaban J connectivity index is 1.99. The molecule has 0 amide bonds. The fraction of sp³-hybridized carbons (Fsp3) is 0.357. The molecule has 7 heteroatoms. The van der Waals surface area contributed by atoms with Crippen LogP contribution in [0.2, 0.25) is 5.02 Å². The van der Waals surface area contributed by atoms with Crippen LogP contribution in [0.3, 0.4) is 0 Å². The maximum atomic E-state index is 11.3. The highest BCUT2D eigenvalue weighted by atomic mass is 35.5. The first-order valence-electron chi connectivity index (χ1n) is 6.71. The van der Waals surface area contributed by atoms with Crippen molar-refractivity contribution >= 4 is 28.8 Å². The molecule has 1 aromatic heterocycles. The number of rotatable bonds is 4. The highest BCUT2D eigenvalue weighted by molar-refractivity contribution is 7.09. The summed E-state index contributed by atoms with van der Waals surface area (Å²) in [5, 5.41) is 11.7. The minimum Gasteiger partial charge on any atom is -0.483 e. The molecule has 0 saturated heterocycles. The van der Waals surface area contributed by atoms with E-state index in [-0.39, 0.29) is 17.5 Å². The molecule has 0 N–H and O–H groups in total. The molecular weight excluding hydrogens is 312 g/mol. The van der Waals surface area contributed by atoms with E-state index in [2.05, 4.69) is 4.37 Å². The number of nitrogens with zero attached hydrogens (tertiary/aromatic N) is 2. The van der Waals surface area contributed by atoms with E-state index in [9.17, 15) is 10.1 Å². The number of hydrogen-bond acceptors (Lipinski definition) is 5. The van der Waals surface area contributed by atoms with Crippen LogP contribution in [0, 0.1) is 10.1 Å². The molecule has 0 atom stereocenters. The van der Waals surface area contributed by atoms with Crippen LogP contribution in [0.4, 0.5) is 5.69 Å². The van der Waals surface area contributed by atoms with Gasteiger partial charge in [-0.25, -0.2) is 4.37 Å². The van der Waals surface area contributed by atoms with Gasteiger partial charge in [0.05, 0.1) is 20.9 Å². The van der Waals surface area contributed by atoms with Crippen LogP contribution in [0.25, 0.3) is 10.4 Å². The second kappa shape index (κ2) is 5.99. The molecule has 3 rings (SSSR count). The maximum Gasteiger partial charge on any atom is 0.311 e. The SMILES string of the molecule is O=[N+]([O-])c1cc(-c2ccns2)c(Cl)cc1OC1CCCC1. The van der Waals surface area contributed by atoms with Gasteiger partial charge in [0.25, 0.3) is 0 Å². The fourth-order valence-electron chi connectivity index (χ4n) is 2.51. The van der Waals surface area contributed by atoms with Crippen molar-refractivity contribution in [2.24, 2.45) is 0 Å². The number of aromatic nitrogens is 1. The fourth-order valence-corrected chi connectivity index (χ4v) is 3.45. The van der Waals surface area contributed by atoms with Crippen molar-refractivity contribution in [2.45, 2.75) is 31.8 Å². The Morgan fingerprint density at radius 1 is 1.38 bits per heavy atom. The normalized spacial score (nSPS) is 15.3. The van der Waals surface area contributed by atoms with Gasteiger partial charge in [0.1, 0.15) is 0 Å². The number of benzene rings is 1. The molecule has 0 spiro atoms. The van der Waals surface area contributed by atoms with Gasteiger partial charge in [-0.3, -0.25) is 10.1 Å². The molecule has 1 aromatic carbocycles. The summed E-state index contributed by atoms with van der Waals surface area (Å²) in [6.45, 7) is 0. The lowest BCUT2D eigenvalue weighted by Gasteiger charge is -2.14. The van der Waals surface area contributed by atoms with Crippen molar-refractivity contribution in [1.82, 2.24) is 4.37 Å². The summed E-state index contributed by atoms with van der Waals surface area (Å²) in [4.78, 5) is 11.7. The zero-order valence-electron chi connectivity index (χ0n) is 11.1. The first kappa shape index (κ1) is 14.3. The van der Waals surface area contributed by atoms with Gasteiger partial charge in [0.2, 0.25) is 0 Å². The van der Waals surface area contributed by atoms with E-state index in [4.69, 9.17) is 16.3 Å². The number of halogens is 1. The van der Waals surface area contributed by atoms with Crippen LogP contribution < -0.4 is 4.74 Å². The van der Waals surface area contributed by atoms with Crippen LogP contribution in [-0.2, 0) is 0 Å². The lowest BCUT2D eigenvalue weighted by Crippen LogP contribution is -2.12. The maximum absolute atomic E-state index is 11.3. The third kappa shape index (κ3) is 3.01. The van der Waals surface area contributed by atoms with E-state index in [1.54, 1.807) is 18.3 Å². The third-order valence-electron chi connectivity index (χ3n) is 3.54. The van der Waals surface area contributed by atoms with Crippen molar-refractivity contribution in [2.75, 3.05) is 0 Å². The van der Waals surface area contributed by atoms with Crippen molar-refractivity contribution < 1.29 is 9.66 Å². The van der Waals surface area contributed by atoms with Gasteiger partial charge < -0.3 is 4.74 Å². The molecule has 1 heterocycles. The summed E-state index contributed by atoms with van der Waals surface area (Å²) in [6.07, 6.45) is 5.77. The van der Waals surface area contributed by atoms with Crippen molar-refractivity contribution in [3.8, 4) is 16.2 Å². The Morgan fingerprint density at radius 2 is 2.14 bits per heavy atom. The van der Waals surface area contributed by atoms with Crippen LogP contribution >= 0.6 is 23.1 Å².